The van der Waals surface area contributed by atoms with Crippen molar-refractivity contribution in [1.29, 1.82) is 0 Å². The maximum Gasteiger partial charge on any atom is 0.263 e. The first-order valence-corrected chi connectivity index (χ1v) is 12.2. The van der Waals surface area contributed by atoms with Gasteiger partial charge in [-0.1, -0.05) is 61.3 Å². The second kappa shape index (κ2) is 9.35. The van der Waals surface area contributed by atoms with Gasteiger partial charge in [-0.3, -0.25) is 9.52 Å². The lowest BCUT2D eigenvalue weighted by molar-refractivity contribution is 0.102. The normalized spacial score (nSPS) is 11.5. The number of rotatable bonds is 6. The van der Waals surface area contributed by atoms with Gasteiger partial charge in [0.25, 0.3) is 15.9 Å². The number of nitrogens with one attached hydrogen (secondary N) is 2. The molecule has 3 aromatic rings. The zero-order chi connectivity index (χ0) is 23.6. The van der Waals surface area contributed by atoms with E-state index in [1.165, 1.54) is 18.2 Å². The maximum absolute atomic E-state index is 13.1. The lowest BCUT2D eigenvalue weighted by Crippen LogP contribution is -2.18. The maximum atomic E-state index is 13.1. The van der Waals surface area contributed by atoms with Crippen molar-refractivity contribution in [3.8, 4) is 0 Å². The van der Waals surface area contributed by atoms with Gasteiger partial charge in [-0.25, -0.2) is 8.42 Å². The number of para-hydroxylation sites is 1. The van der Waals surface area contributed by atoms with E-state index < -0.39 is 15.9 Å². The molecule has 7 heteroatoms. The molecule has 2 N–H and O–H groups in total. The molecule has 32 heavy (non-hydrogen) atoms. The SMILES string of the molecule is Cc1ccc(NS(=O)(=O)c2cc(C(=O)Nc3c(C)cccc3C(C)C)ccc2Cl)c(C)c1. The first-order valence-electron chi connectivity index (χ1n) is 10.3. The van der Waals surface area contributed by atoms with Gasteiger partial charge in [-0.05, 0) is 67.6 Å². The van der Waals surface area contributed by atoms with E-state index in [4.69, 9.17) is 11.6 Å². The van der Waals surface area contributed by atoms with Gasteiger partial charge in [0.2, 0.25) is 0 Å². The first kappa shape index (κ1) is 23.8. The summed E-state index contributed by atoms with van der Waals surface area (Å²) in [6.07, 6.45) is 0. The van der Waals surface area contributed by atoms with Crippen LogP contribution < -0.4 is 10.0 Å². The molecule has 0 heterocycles. The van der Waals surface area contributed by atoms with Gasteiger partial charge in [-0.15, -0.1) is 0 Å². The highest BCUT2D eigenvalue weighted by Gasteiger charge is 2.22. The fourth-order valence-electron chi connectivity index (χ4n) is 3.51. The Morgan fingerprint density at radius 1 is 0.938 bits per heavy atom. The van der Waals surface area contributed by atoms with Crippen molar-refractivity contribution in [1.82, 2.24) is 0 Å². The van der Waals surface area contributed by atoms with Crippen molar-refractivity contribution in [3.05, 3.63) is 87.4 Å². The summed E-state index contributed by atoms with van der Waals surface area (Å²) >= 11 is 6.22. The molecule has 0 aliphatic heterocycles. The Balaban J connectivity index is 1.94. The summed E-state index contributed by atoms with van der Waals surface area (Å²) < 4.78 is 28.7. The number of amides is 1. The van der Waals surface area contributed by atoms with E-state index >= 15 is 0 Å². The molecule has 0 bridgehead atoms. The fourth-order valence-corrected chi connectivity index (χ4v) is 5.16. The van der Waals surface area contributed by atoms with Crippen LogP contribution in [0.1, 0.15) is 52.4 Å². The molecule has 0 radical (unpaired) electrons. The summed E-state index contributed by atoms with van der Waals surface area (Å²) in [5, 5.41) is 2.98. The van der Waals surface area contributed by atoms with Gasteiger partial charge in [0, 0.05) is 11.3 Å². The van der Waals surface area contributed by atoms with Crippen molar-refractivity contribution in [2.24, 2.45) is 0 Å². The molecule has 0 unspecified atom stereocenters. The molecule has 168 valence electrons. The van der Waals surface area contributed by atoms with Crippen LogP contribution >= 0.6 is 11.6 Å². The van der Waals surface area contributed by atoms with Crippen LogP contribution in [-0.2, 0) is 10.0 Å². The molecule has 3 rings (SSSR count). The Labute approximate surface area is 194 Å². The number of halogens is 1. The summed E-state index contributed by atoms with van der Waals surface area (Å²) in [7, 11) is -4.00. The highest BCUT2D eigenvalue weighted by atomic mass is 35.5. The molecule has 0 aromatic heterocycles. The topological polar surface area (TPSA) is 75.3 Å². The second-order valence-corrected chi connectivity index (χ2v) is 10.3. The minimum absolute atomic E-state index is 0.0394. The van der Waals surface area contributed by atoms with E-state index in [1.54, 1.807) is 6.07 Å². The average Bonchev–Trinajstić information content (AvgIpc) is 2.71. The summed E-state index contributed by atoms with van der Waals surface area (Å²) in [5.41, 5.74) is 5.16. The Morgan fingerprint density at radius 2 is 1.66 bits per heavy atom. The highest BCUT2D eigenvalue weighted by Crippen LogP contribution is 2.30. The fraction of sp³-hybridized carbons (Fsp3) is 0.240. The third-order valence-corrected chi connectivity index (χ3v) is 7.12. The van der Waals surface area contributed by atoms with Crippen LogP contribution in [0, 0.1) is 20.8 Å². The smallest absolute Gasteiger partial charge is 0.263 e. The molecule has 0 spiro atoms. The van der Waals surface area contributed by atoms with Gasteiger partial charge in [0.15, 0.2) is 0 Å². The van der Waals surface area contributed by atoms with Gasteiger partial charge in [0.05, 0.1) is 10.7 Å². The van der Waals surface area contributed by atoms with Crippen LogP contribution in [0.3, 0.4) is 0 Å². The number of sulfonamides is 1. The first-order chi connectivity index (χ1) is 15.0. The molecule has 5 nitrogen and oxygen atoms in total. The number of carbonyl (C=O) groups excluding carboxylic acids is 1. The van der Waals surface area contributed by atoms with Crippen molar-refractivity contribution >= 4 is 38.9 Å². The molecule has 0 fully saturated rings. The summed E-state index contributed by atoms with van der Waals surface area (Å²) in [4.78, 5) is 12.9. The van der Waals surface area contributed by atoms with Crippen LogP contribution in [-0.4, -0.2) is 14.3 Å². The number of benzene rings is 3. The van der Waals surface area contributed by atoms with E-state index in [0.29, 0.717) is 5.69 Å². The van der Waals surface area contributed by atoms with E-state index in [9.17, 15) is 13.2 Å². The molecule has 0 aliphatic carbocycles. The van der Waals surface area contributed by atoms with Crippen molar-refractivity contribution in [2.75, 3.05) is 10.0 Å². The quantitative estimate of drug-likeness (QED) is 0.435. The molecular formula is C25H27ClN2O3S. The van der Waals surface area contributed by atoms with E-state index in [-0.39, 0.29) is 21.4 Å². The molecule has 0 atom stereocenters. The lowest BCUT2D eigenvalue weighted by Gasteiger charge is -2.17. The zero-order valence-corrected chi connectivity index (χ0v) is 20.4. The van der Waals surface area contributed by atoms with E-state index in [1.807, 2.05) is 51.1 Å². The van der Waals surface area contributed by atoms with E-state index in [2.05, 4.69) is 23.9 Å². The van der Waals surface area contributed by atoms with Crippen molar-refractivity contribution in [2.45, 2.75) is 45.4 Å². The molecule has 1 amide bonds. The Hall–Kier alpha value is -2.83. The van der Waals surface area contributed by atoms with Gasteiger partial charge < -0.3 is 5.32 Å². The van der Waals surface area contributed by atoms with Crippen LogP contribution in [0.5, 0.6) is 0 Å². The molecule has 3 aromatic carbocycles. The Morgan fingerprint density at radius 3 is 2.31 bits per heavy atom. The standard InChI is InChI=1S/C25H27ClN2O3S/c1-15(2)20-8-6-7-17(4)24(20)27-25(29)19-10-11-21(26)23(14-19)32(30,31)28-22-12-9-16(3)13-18(22)5/h6-15,28H,1-5H3,(H,27,29). The van der Waals surface area contributed by atoms with Crippen LogP contribution in [0.15, 0.2) is 59.5 Å². The van der Waals surface area contributed by atoms with Crippen LogP contribution in [0.25, 0.3) is 0 Å². The van der Waals surface area contributed by atoms with E-state index in [0.717, 1.165) is 27.9 Å². The van der Waals surface area contributed by atoms with Crippen LogP contribution in [0.2, 0.25) is 5.02 Å². The zero-order valence-electron chi connectivity index (χ0n) is 18.8. The molecule has 0 saturated carbocycles. The van der Waals surface area contributed by atoms with Gasteiger partial charge in [-0.2, -0.15) is 0 Å². The number of aryl methyl sites for hydroxylation is 3. The second-order valence-electron chi connectivity index (χ2n) is 8.22. The number of hydrogen-bond acceptors (Lipinski definition) is 3. The Bertz CT molecular complexity index is 1280. The van der Waals surface area contributed by atoms with Gasteiger partial charge in [0.1, 0.15) is 4.90 Å². The Kier molecular flexibility index (Phi) is 6.96. The summed E-state index contributed by atoms with van der Waals surface area (Å²) in [5.74, 6) is -0.186. The average molecular weight is 471 g/mol. The monoisotopic (exact) mass is 470 g/mol. The lowest BCUT2D eigenvalue weighted by atomic mass is 9.98. The summed E-state index contributed by atoms with van der Waals surface area (Å²) in [6, 6.07) is 15.5. The molecular weight excluding hydrogens is 444 g/mol. The highest BCUT2D eigenvalue weighted by molar-refractivity contribution is 7.92. The largest absolute Gasteiger partial charge is 0.321 e. The number of hydrogen-bond donors (Lipinski definition) is 2. The third-order valence-electron chi connectivity index (χ3n) is 5.27. The summed E-state index contributed by atoms with van der Waals surface area (Å²) in [6.45, 7) is 9.79. The molecule has 0 aliphatic rings. The number of carbonyl (C=O) groups is 1. The number of anilines is 2. The minimum atomic E-state index is -4.00. The predicted octanol–water partition coefficient (Wildman–Crippen LogP) is 6.44. The van der Waals surface area contributed by atoms with Crippen molar-refractivity contribution < 1.29 is 13.2 Å². The predicted molar refractivity (Wildman–Crippen MR) is 131 cm³/mol. The van der Waals surface area contributed by atoms with Crippen molar-refractivity contribution in [3.63, 3.8) is 0 Å². The van der Waals surface area contributed by atoms with Crippen LogP contribution in [0.4, 0.5) is 11.4 Å². The third kappa shape index (κ3) is 5.14. The minimum Gasteiger partial charge on any atom is -0.321 e. The molecule has 0 saturated heterocycles. The van der Waals surface area contributed by atoms with Gasteiger partial charge >= 0.3 is 0 Å².